The molecule has 194 valence electrons. The number of alkyl halides is 1. The Morgan fingerprint density at radius 1 is 1.12 bits per heavy atom. The first-order valence-corrected chi connectivity index (χ1v) is 14.0. The number of carbonyl (C=O) groups excluding carboxylic acids is 1. The third kappa shape index (κ3) is 5.89. The van der Waals surface area contributed by atoms with Crippen LogP contribution in [0.15, 0.2) is 0 Å². The maximum absolute atomic E-state index is 13.2. The van der Waals surface area contributed by atoms with Crippen molar-refractivity contribution in [1.29, 1.82) is 0 Å². The summed E-state index contributed by atoms with van der Waals surface area (Å²) in [5.41, 5.74) is 6.94. The van der Waals surface area contributed by atoms with E-state index in [1.165, 1.54) is 0 Å². The van der Waals surface area contributed by atoms with Gasteiger partial charge in [0.2, 0.25) is 5.91 Å². The van der Waals surface area contributed by atoms with Gasteiger partial charge in [-0.25, -0.2) is 10.9 Å². The van der Waals surface area contributed by atoms with Gasteiger partial charge in [-0.15, -0.1) is 11.6 Å². The lowest BCUT2D eigenvalue weighted by Crippen LogP contribution is -2.58. The zero-order chi connectivity index (χ0) is 23.5. The van der Waals surface area contributed by atoms with Crippen LogP contribution >= 0.6 is 11.6 Å². The number of fused-ring (bicyclic) bond motifs is 1. The predicted octanol–water partition coefficient (Wildman–Crippen LogP) is 0.417. The summed E-state index contributed by atoms with van der Waals surface area (Å²) < 4.78 is 5.99. The van der Waals surface area contributed by atoms with Crippen LogP contribution in [0.25, 0.3) is 0 Å². The second-order valence-corrected chi connectivity index (χ2v) is 11.7. The van der Waals surface area contributed by atoms with Gasteiger partial charge < -0.3 is 20.7 Å². The summed E-state index contributed by atoms with van der Waals surface area (Å²) in [6.45, 7) is 3.52. The molecule has 6 N–H and O–H groups in total. The van der Waals surface area contributed by atoms with Crippen molar-refractivity contribution >= 4 is 17.5 Å². The van der Waals surface area contributed by atoms with E-state index in [4.69, 9.17) is 16.3 Å². The van der Waals surface area contributed by atoms with Crippen molar-refractivity contribution < 1.29 is 9.53 Å². The van der Waals surface area contributed by atoms with Crippen LogP contribution in [-0.2, 0) is 9.53 Å². The van der Waals surface area contributed by atoms with Gasteiger partial charge in [-0.05, 0) is 65.0 Å². The van der Waals surface area contributed by atoms with E-state index in [0.29, 0.717) is 18.0 Å². The molecule has 8 unspecified atom stereocenters. The molecule has 5 aliphatic rings. The maximum atomic E-state index is 13.2. The summed E-state index contributed by atoms with van der Waals surface area (Å²) in [4.78, 5) is 15.6. The number of amides is 1. The highest BCUT2D eigenvalue weighted by atomic mass is 35.5. The van der Waals surface area contributed by atoms with E-state index in [0.717, 1.165) is 84.2 Å². The molecule has 3 aliphatic heterocycles. The minimum atomic E-state index is 0.107. The Hall–Kier alpha value is -0.520. The molecule has 34 heavy (non-hydrogen) atoms. The van der Waals surface area contributed by atoms with E-state index in [2.05, 4.69) is 44.1 Å². The highest BCUT2D eigenvalue weighted by Gasteiger charge is 2.40. The van der Waals surface area contributed by atoms with Crippen LogP contribution in [-0.4, -0.2) is 86.2 Å². The van der Waals surface area contributed by atoms with Crippen molar-refractivity contribution in [3.63, 3.8) is 0 Å². The second-order valence-electron chi connectivity index (χ2n) is 11.0. The largest absolute Gasteiger partial charge is 0.378 e. The van der Waals surface area contributed by atoms with Crippen molar-refractivity contribution in [2.24, 2.45) is 11.8 Å². The molecule has 3 heterocycles. The fourth-order valence-electron chi connectivity index (χ4n) is 6.77. The third-order valence-corrected chi connectivity index (χ3v) is 9.26. The monoisotopic (exact) mass is 497 g/mol. The van der Waals surface area contributed by atoms with Crippen molar-refractivity contribution in [3.05, 3.63) is 0 Å². The number of nitrogens with zero attached hydrogens (tertiary/aromatic N) is 1. The maximum Gasteiger partial charge on any atom is 0.223 e. The number of likely N-dealkylation sites (N-methyl/N-ethyl adjacent to an activating group) is 1. The van der Waals surface area contributed by atoms with Crippen LogP contribution in [0.2, 0.25) is 0 Å². The number of carbonyl (C=O) groups is 1. The Kier molecular flexibility index (Phi) is 8.64. The molecule has 0 radical (unpaired) electrons. The SMILES string of the molecule is CN1C(CNC2CCCC(C(=O)N[C@@H]3CCOC4CC(Cl)CCC43)C2)NNC1C1CCNCN1. The zero-order valence-electron chi connectivity index (χ0n) is 20.5. The first-order valence-electron chi connectivity index (χ1n) is 13.5. The third-order valence-electron chi connectivity index (χ3n) is 8.86. The molecule has 9 nitrogen and oxygen atoms in total. The van der Waals surface area contributed by atoms with Crippen LogP contribution in [0.1, 0.15) is 57.8 Å². The Labute approximate surface area is 209 Å². The van der Waals surface area contributed by atoms with Crippen molar-refractivity contribution in [2.75, 3.05) is 33.4 Å². The number of ether oxygens (including phenoxy) is 1. The first kappa shape index (κ1) is 25.1. The lowest BCUT2D eigenvalue weighted by atomic mass is 9.78. The Morgan fingerprint density at radius 2 is 2.03 bits per heavy atom. The van der Waals surface area contributed by atoms with Crippen molar-refractivity contribution in [1.82, 2.24) is 37.0 Å². The Balaban J connectivity index is 1.07. The summed E-state index contributed by atoms with van der Waals surface area (Å²) >= 11 is 6.37. The average Bonchev–Trinajstić information content (AvgIpc) is 3.23. The predicted molar refractivity (Wildman–Crippen MR) is 133 cm³/mol. The normalized spacial score (nSPS) is 43.9. The molecule has 0 aromatic rings. The van der Waals surface area contributed by atoms with Gasteiger partial charge in [-0.2, -0.15) is 0 Å². The van der Waals surface area contributed by atoms with E-state index in [-0.39, 0.29) is 41.7 Å². The van der Waals surface area contributed by atoms with Gasteiger partial charge >= 0.3 is 0 Å². The highest BCUT2D eigenvalue weighted by molar-refractivity contribution is 6.20. The summed E-state index contributed by atoms with van der Waals surface area (Å²) in [5.74, 6) is 0.778. The minimum Gasteiger partial charge on any atom is -0.378 e. The molecule has 0 spiro atoms. The molecule has 1 amide bonds. The fourth-order valence-corrected chi connectivity index (χ4v) is 7.07. The molecule has 3 saturated heterocycles. The zero-order valence-corrected chi connectivity index (χ0v) is 21.3. The topological polar surface area (TPSA) is 102 Å². The fraction of sp³-hybridized carbons (Fsp3) is 0.958. The molecule has 5 fully saturated rings. The summed E-state index contributed by atoms with van der Waals surface area (Å²) in [6, 6.07) is 1.08. The number of hydrazine groups is 1. The molecule has 5 rings (SSSR count). The second kappa shape index (κ2) is 11.7. The van der Waals surface area contributed by atoms with E-state index >= 15 is 0 Å². The molecule has 0 aromatic heterocycles. The van der Waals surface area contributed by atoms with Crippen molar-refractivity contribution in [3.8, 4) is 0 Å². The molecule has 0 aromatic carbocycles. The number of rotatable bonds is 6. The van der Waals surface area contributed by atoms with E-state index in [1.807, 2.05) is 0 Å². The first-order chi connectivity index (χ1) is 16.6. The molecule has 0 bridgehead atoms. The van der Waals surface area contributed by atoms with Gasteiger partial charge in [0.15, 0.2) is 0 Å². The number of hydrogen-bond donors (Lipinski definition) is 6. The van der Waals surface area contributed by atoms with Crippen LogP contribution in [0.4, 0.5) is 0 Å². The number of hydrogen-bond acceptors (Lipinski definition) is 8. The van der Waals surface area contributed by atoms with E-state index in [9.17, 15) is 4.79 Å². The lowest BCUT2D eigenvalue weighted by molar-refractivity contribution is -0.130. The Bertz CT molecular complexity index is 682. The van der Waals surface area contributed by atoms with Gasteiger partial charge in [-0.3, -0.25) is 15.0 Å². The molecular weight excluding hydrogens is 454 g/mol. The summed E-state index contributed by atoms with van der Waals surface area (Å²) in [5, 5.41) is 14.3. The van der Waals surface area contributed by atoms with Crippen LogP contribution in [0.3, 0.4) is 0 Å². The van der Waals surface area contributed by atoms with Gasteiger partial charge in [-0.1, -0.05) is 6.42 Å². The molecule has 10 heteroatoms. The van der Waals surface area contributed by atoms with Crippen LogP contribution < -0.4 is 32.1 Å². The van der Waals surface area contributed by atoms with E-state index < -0.39 is 0 Å². The standard InChI is InChI=1S/C24H44ClN7O2/c1-32-22(30-31-23(32)20-7-9-26-14-28-20)13-27-17-4-2-3-15(11-17)24(33)29-19-8-10-34-21-12-16(25)5-6-18(19)21/h15-23,26-28,30-31H,2-14H2,1H3,(H,29,33)/t15?,16?,17?,18?,19-,20?,21?,22?,23?/m1/s1. The van der Waals surface area contributed by atoms with E-state index in [1.54, 1.807) is 0 Å². The van der Waals surface area contributed by atoms with Crippen molar-refractivity contribution in [2.45, 2.75) is 99.7 Å². The molecular formula is C24H44ClN7O2. The summed E-state index contributed by atoms with van der Waals surface area (Å²) in [7, 11) is 2.18. The Morgan fingerprint density at radius 3 is 2.88 bits per heavy atom. The van der Waals surface area contributed by atoms with Gasteiger partial charge in [0.25, 0.3) is 0 Å². The van der Waals surface area contributed by atoms with Crippen LogP contribution in [0.5, 0.6) is 0 Å². The van der Waals surface area contributed by atoms with Gasteiger partial charge in [0.1, 0.15) is 0 Å². The summed E-state index contributed by atoms with van der Waals surface area (Å²) in [6.07, 6.45) is 9.97. The highest BCUT2D eigenvalue weighted by Crippen LogP contribution is 2.36. The quantitative estimate of drug-likeness (QED) is 0.294. The number of nitrogens with one attached hydrogen (secondary N) is 6. The minimum absolute atomic E-state index is 0.107. The average molecular weight is 498 g/mol. The molecule has 2 saturated carbocycles. The number of halogens is 1. The van der Waals surface area contributed by atoms with Gasteiger partial charge in [0, 0.05) is 55.2 Å². The lowest BCUT2D eigenvalue weighted by Gasteiger charge is -2.43. The van der Waals surface area contributed by atoms with Crippen LogP contribution in [0, 0.1) is 11.8 Å². The molecule has 9 atom stereocenters. The van der Waals surface area contributed by atoms with Gasteiger partial charge in [0.05, 0.1) is 18.4 Å². The smallest absolute Gasteiger partial charge is 0.223 e. The molecule has 2 aliphatic carbocycles.